The average Bonchev–Trinajstić information content (AvgIpc) is 2.77. The smallest absolute Gasteiger partial charge is 0.405 e. The zero-order valence-electron chi connectivity index (χ0n) is 19.1. The SMILES string of the molecule is CC(=O)N1CCN(C2CN(C(c3ccccc3)c3ccccc3)C2)CC1.CC(Cl)OC(=O)Cl. The van der Waals surface area contributed by atoms with Crippen molar-refractivity contribution in [3.05, 3.63) is 71.8 Å². The van der Waals surface area contributed by atoms with E-state index in [2.05, 4.69) is 75.2 Å². The number of piperazine rings is 1. The van der Waals surface area contributed by atoms with Gasteiger partial charge in [-0.15, -0.1) is 0 Å². The van der Waals surface area contributed by atoms with Gasteiger partial charge in [0.2, 0.25) is 5.91 Å². The van der Waals surface area contributed by atoms with E-state index in [1.54, 1.807) is 6.92 Å². The lowest BCUT2D eigenvalue weighted by Crippen LogP contribution is -2.63. The summed E-state index contributed by atoms with van der Waals surface area (Å²) in [7, 11) is 0. The summed E-state index contributed by atoms with van der Waals surface area (Å²) < 4.78 is 4.14. The van der Waals surface area contributed by atoms with Crippen LogP contribution in [0.15, 0.2) is 60.7 Å². The van der Waals surface area contributed by atoms with Gasteiger partial charge in [0.1, 0.15) is 0 Å². The van der Waals surface area contributed by atoms with Crippen LogP contribution in [0.1, 0.15) is 31.0 Å². The predicted octanol–water partition coefficient (Wildman–Crippen LogP) is 4.57. The van der Waals surface area contributed by atoms with Crippen LogP contribution in [-0.2, 0) is 9.53 Å². The lowest BCUT2D eigenvalue weighted by molar-refractivity contribution is -0.131. The Labute approximate surface area is 206 Å². The van der Waals surface area contributed by atoms with Crippen LogP contribution in [0, 0.1) is 0 Å². The number of hydrogen-bond acceptors (Lipinski definition) is 5. The summed E-state index contributed by atoms with van der Waals surface area (Å²) in [6, 6.07) is 22.5. The average molecular weight is 492 g/mol. The van der Waals surface area contributed by atoms with Gasteiger partial charge in [-0.1, -0.05) is 72.3 Å². The first-order chi connectivity index (χ1) is 15.8. The summed E-state index contributed by atoms with van der Waals surface area (Å²) in [6.45, 7) is 9.09. The zero-order chi connectivity index (χ0) is 23.8. The summed E-state index contributed by atoms with van der Waals surface area (Å²) in [4.78, 5) is 28.3. The zero-order valence-corrected chi connectivity index (χ0v) is 20.6. The molecule has 0 radical (unpaired) electrons. The molecule has 2 fully saturated rings. The number of carbonyl (C=O) groups is 2. The first-order valence-corrected chi connectivity index (χ1v) is 12.0. The highest BCUT2D eigenvalue weighted by Crippen LogP contribution is 2.33. The van der Waals surface area contributed by atoms with Gasteiger partial charge in [-0.25, -0.2) is 4.79 Å². The highest BCUT2D eigenvalue weighted by Gasteiger charge is 2.38. The molecule has 0 spiro atoms. The molecule has 0 aromatic heterocycles. The van der Waals surface area contributed by atoms with E-state index >= 15 is 0 Å². The van der Waals surface area contributed by atoms with Crippen LogP contribution in [0.3, 0.4) is 0 Å². The van der Waals surface area contributed by atoms with Gasteiger partial charge in [0, 0.05) is 63.8 Å². The molecule has 33 heavy (non-hydrogen) atoms. The minimum Gasteiger partial charge on any atom is -0.434 e. The minimum absolute atomic E-state index is 0.202. The Balaban J connectivity index is 0.000000383. The molecule has 2 aromatic rings. The number of halogens is 2. The molecular formula is C25H31Cl2N3O3. The molecule has 2 aromatic carbocycles. The fourth-order valence-electron chi connectivity index (χ4n) is 4.34. The van der Waals surface area contributed by atoms with E-state index in [0.29, 0.717) is 12.1 Å². The van der Waals surface area contributed by atoms with Gasteiger partial charge >= 0.3 is 5.43 Å². The van der Waals surface area contributed by atoms with Crippen molar-refractivity contribution in [3.8, 4) is 0 Å². The molecule has 2 aliphatic heterocycles. The molecule has 6 nitrogen and oxygen atoms in total. The maximum Gasteiger partial charge on any atom is 0.405 e. The standard InChI is InChI=1S/C22H27N3O.C3H4Cl2O2/c1-18(26)23-12-14-24(15-13-23)21-16-25(17-21)22(19-8-4-2-5-9-19)20-10-6-3-7-11-20;1-2(4)7-3(5)6/h2-11,21-22H,12-17H2,1H3;2H,1H3. The quantitative estimate of drug-likeness (QED) is 0.452. The lowest BCUT2D eigenvalue weighted by atomic mass is 9.92. The third-order valence-electron chi connectivity index (χ3n) is 6.02. The van der Waals surface area contributed by atoms with Gasteiger partial charge in [0.15, 0.2) is 5.56 Å². The van der Waals surface area contributed by atoms with Crippen molar-refractivity contribution in [1.82, 2.24) is 14.7 Å². The van der Waals surface area contributed by atoms with E-state index in [-0.39, 0.29) is 5.91 Å². The summed E-state index contributed by atoms with van der Waals surface area (Å²) in [5, 5.41) is 0. The van der Waals surface area contributed by atoms with Gasteiger partial charge < -0.3 is 9.64 Å². The Kier molecular flexibility index (Phi) is 9.56. The molecule has 4 rings (SSSR count). The van der Waals surface area contributed by atoms with Crippen LogP contribution in [0.5, 0.6) is 0 Å². The lowest BCUT2D eigenvalue weighted by Gasteiger charge is -2.51. The molecule has 1 atom stereocenters. The van der Waals surface area contributed by atoms with Crippen LogP contribution < -0.4 is 0 Å². The van der Waals surface area contributed by atoms with Crippen LogP contribution in [0.25, 0.3) is 0 Å². The largest absolute Gasteiger partial charge is 0.434 e. The van der Waals surface area contributed by atoms with Crippen LogP contribution >= 0.6 is 23.2 Å². The molecule has 178 valence electrons. The first-order valence-electron chi connectivity index (χ1n) is 11.2. The molecule has 8 heteroatoms. The van der Waals surface area contributed by atoms with Crippen LogP contribution in [0.4, 0.5) is 4.79 Å². The topological polar surface area (TPSA) is 53.1 Å². The number of benzene rings is 2. The fourth-order valence-corrected chi connectivity index (χ4v) is 4.60. The number of nitrogens with zero attached hydrogens (tertiary/aromatic N) is 3. The van der Waals surface area contributed by atoms with Gasteiger partial charge in [0.25, 0.3) is 0 Å². The third-order valence-corrected chi connectivity index (χ3v) is 6.20. The van der Waals surface area contributed by atoms with E-state index in [1.165, 1.54) is 18.1 Å². The Morgan fingerprint density at radius 1 is 0.909 bits per heavy atom. The van der Waals surface area contributed by atoms with Crippen LogP contribution in [0.2, 0.25) is 0 Å². The summed E-state index contributed by atoms with van der Waals surface area (Å²) in [5.74, 6) is 0.202. The molecule has 1 amide bonds. The second-order valence-corrected chi connectivity index (χ2v) is 9.20. The van der Waals surface area contributed by atoms with E-state index in [1.807, 2.05) is 4.90 Å². The Morgan fingerprint density at radius 2 is 1.39 bits per heavy atom. The number of hydrogen-bond donors (Lipinski definition) is 0. The maximum absolute atomic E-state index is 11.5. The van der Waals surface area contributed by atoms with Crippen molar-refractivity contribution in [2.24, 2.45) is 0 Å². The van der Waals surface area contributed by atoms with Crippen molar-refractivity contribution in [3.63, 3.8) is 0 Å². The molecule has 0 aliphatic carbocycles. The van der Waals surface area contributed by atoms with Crippen LogP contribution in [-0.4, -0.2) is 76.9 Å². The normalized spacial score (nSPS) is 18.2. The maximum atomic E-state index is 11.5. The highest BCUT2D eigenvalue weighted by atomic mass is 35.5. The van der Waals surface area contributed by atoms with E-state index in [0.717, 1.165) is 39.3 Å². The van der Waals surface area contributed by atoms with Gasteiger partial charge in [-0.3, -0.25) is 14.6 Å². The van der Waals surface area contributed by atoms with Crippen molar-refractivity contribution < 1.29 is 14.3 Å². The first kappa shape index (κ1) is 25.5. The Bertz CT molecular complexity index is 845. The number of carbonyl (C=O) groups excluding carboxylic acids is 2. The molecule has 2 saturated heterocycles. The fraction of sp³-hybridized carbons (Fsp3) is 0.440. The predicted molar refractivity (Wildman–Crippen MR) is 132 cm³/mol. The molecule has 0 bridgehead atoms. The van der Waals surface area contributed by atoms with E-state index < -0.39 is 11.0 Å². The van der Waals surface area contributed by atoms with E-state index in [9.17, 15) is 9.59 Å². The number of amides is 1. The van der Waals surface area contributed by atoms with Crippen molar-refractivity contribution >= 4 is 34.5 Å². The van der Waals surface area contributed by atoms with Crippen molar-refractivity contribution in [1.29, 1.82) is 0 Å². The van der Waals surface area contributed by atoms with Crippen molar-refractivity contribution in [2.75, 3.05) is 39.3 Å². The molecule has 2 heterocycles. The molecule has 0 saturated carbocycles. The highest BCUT2D eigenvalue weighted by molar-refractivity contribution is 6.61. The summed E-state index contributed by atoms with van der Waals surface area (Å²) in [6.07, 6.45) is 0. The molecule has 1 unspecified atom stereocenters. The third kappa shape index (κ3) is 7.44. The second kappa shape index (κ2) is 12.4. The molecule has 2 aliphatic rings. The van der Waals surface area contributed by atoms with Gasteiger partial charge in [0.05, 0.1) is 6.04 Å². The number of likely N-dealkylation sites (tertiary alicyclic amines) is 1. The second-order valence-electron chi connectivity index (χ2n) is 8.27. The number of ether oxygens (including phenoxy) is 1. The summed E-state index contributed by atoms with van der Waals surface area (Å²) >= 11 is 9.87. The number of rotatable bonds is 5. The Hall–Kier alpha value is -2.12. The Morgan fingerprint density at radius 3 is 1.76 bits per heavy atom. The minimum atomic E-state index is -0.873. The molecular weight excluding hydrogens is 461 g/mol. The summed E-state index contributed by atoms with van der Waals surface area (Å²) in [5.41, 5.74) is 1.21. The van der Waals surface area contributed by atoms with Crippen molar-refractivity contribution in [2.45, 2.75) is 31.5 Å². The monoisotopic (exact) mass is 491 g/mol. The van der Waals surface area contributed by atoms with Gasteiger partial charge in [-0.05, 0) is 18.1 Å². The van der Waals surface area contributed by atoms with E-state index in [4.69, 9.17) is 23.2 Å². The van der Waals surface area contributed by atoms with Gasteiger partial charge in [-0.2, -0.15) is 0 Å². The number of alkyl halides is 1. The molecule has 0 N–H and O–H groups in total.